The molecule has 1 amide bonds. The van der Waals surface area contributed by atoms with Crippen LogP contribution in [0, 0.1) is 11.6 Å². The van der Waals surface area contributed by atoms with Gasteiger partial charge in [-0.2, -0.15) is 5.10 Å². The molecule has 122 valence electrons. The van der Waals surface area contributed by atoms with E-state index in [1.807, 2.05) is 0 Å². The van der Waals surface area contributed by atoms with Gasteiger partial charge in [-0.3, -0.25) is 9.48 Å². The Labute approximate surface area is 141 Å². The first-order chi connectivity index (χ1) is 11.5. The molecule has 24 heavy (non-hydrogen) atoms. The molecule has 0 fully saturated rings. The van der Waals surface area contributed by atoms with Gasteiger partial charge in [-0.15, -0.1) is 0 Å². The zero-order chi connectivity index (χ0) is 17.1. The number of nitrogens with one attached hydrogen (secondary N) is 1. The largest absolute Gasteiger partial charge is 0.305 e. The number of anilines is 1. The van der Waals surface area contributed by atoms with Crippen LogP contribution in [0.25, 0.3) is 0 Å². The Morgan fingerprint density at radius 1 is 1.08 bits per heavy atom. The van der Waals surface area contributed by atoms with Crippen molar-refractivity contribution < 1.29 is 13.6 Å². The highest BCUT2D eigenvalue weighted by atomic mass is 35.5. The lowest BCUT2D eigenvalue weighted by molar-refractivity contribution is 0.102. The number of nitrogens with zero attached hydrogens (tertiary/aromatic N) is 2. The van der Waals surface area contributed by atoms with Gasteiger partial charge in [0.15, 0.2) is 5.82 Å². The average Bonchev–Trinajstić information content (AvgIpc) is 2.98. The number of benzene rings is 2. The van der Waals surface area contributed by atoms with E-state index in [1.54, 1.807) is 23.0 Å². The molecule has 1 heterocycles. The van der Waals surface area contributed by atoms with Crippen LogP contribution in [0.1, 0.15) is 15.9 Å². The summed E-state index contributed by atoms with van der Waals surface area (Å²) in [6.45, 7) is 0.339. The van der Waals surface area contributed by atoms with Gasteiger partial charge in [0.2, 0.25) is 0 Å². The molecule has 0 saturated carbocycles. The van der Waals surface area contributed by atoms with Gasteiger partial charge in [0.05, 0.1) is 6.54 Å². The van der Waals surface area contributed by atoms with Gasteiger partial charge in [0.25, 0.3) is 5.91 Å². The fourth-order valence-corrected chi connectivity index (χ4v) is 2.36. The highest BCUT2D eigenvalue weighted by Gasteiger charge is 2.09. The number of halogens is 3. The molecule has 3 rings (SSSR count). The minimum atomic E-state index is -0.410. The van der Waals surface area contributed by atoms with Crippen molar-refractivity contribution in [1.29, 1.82) is 0 Å². The molecule has 3 aromatic rings. The Bertz CT molecular complexity index is 878. The Kier molecular flexibility index (Phi) is 4.57. The molecule has 0 aliphatic heterocycles. The molecule has 1 aromatic heterocycles. The fourth-order valence-electron chi connectivity index (χ4n) is 2.13. The van der Waals surface area contributed by atoms with Crippen LogP contribution in [0.4, 0.5) is 14.6 Å². The van der Waals surface area contributed by atoms with Crippen LogP contribution in [0.3, 0.4) is 0 Å². The molecule has 0 bridgehead atoms. The van der Waals surface area contributed by atoms with E-state index < -0.39 is 11.6 Å². The second-order valence-corrected chi connectivity index (χ2v) is 5.50. The van der Waals surface area contributed by atoms with Crippen LogP contribution in [-0.4, -0.2) is 15.7 Å². The van der Waals surface area contributed by atoms with Gasteiger partial charge >= 0.3 is 0 Å². The number of hydrogen-bond acceptors (Lipinski definition) is 2. The lowest BCUT2D eigenvalue weighted by Gasteiger charge is -2.05. The van der Waals surface area contributed by atoms with E-state index in [1.165, 1.54) is 36.4 Å². The normalized spacial score (nSPS) is 10.6. The Balaban J connectivity index is 1.69. The topological polar surface area (TPSA) is 46.9 Å². The van der Waals surface area contributed by atoms with Crippen LogP contribution >= 0.6 is 11.6 Å². The summed E-state index contributed by atoms with van der Waals surface area (Å²) in [5, 5.41) is 7.14. The smallest absolute Gasteiger partial charge is 0.256 e. The minimum absolute atomic E-state index is 0.308. The van der Waals surface area contributed by atoms with Gasteiger partial charge in [0, 0.05) is 22.8 Å². The lowest BCUT2D eigenvalue weighted by atomic mass is 10.2. The summed E-state index contributed by atoms with van der Waals surface area (Å²) in [5.74, 6) is -0.855. The van der Waals surface area contributed by atoms with Gasteiger partial charge in [-0.05, 0) is 42.0 Å². The SMILES string of the molecule is O=C(Nc1ccn(Cc2ccc(F)cc2Cl)n1)c1ccc(F)cc1. The predicted molar refractivity (Wildman–Crippen MR) is 87.1 cm³/mol. The van der Waals surface area contributed by atoms with Crippen molar-refractivity contribution in [2.24, 2.45) is 0 Å². The molecule has 2 aromatic carbocycles. The van der Waals surface area contributed by atoms with Crippen molar-refractivity contribution in [1.82, 2.24) is 9.78 Å². The molecule has 0 unspecified atom stereocenters. The number of rotatable bonds is 4. The third-order valence-electron chi connectivity index (χ3n) is 3.34. The van der Waals surface area contributed by atoms with Gasteiger partial charge in [-0.1, -0.05) is 17.7 Å². The molecule has 0 saturated heterocycles. The van der Waals surface area contributed by atoms with Gasteiger partial charge in [-0.25, -0.2) is 8.78 Å². The maximum absolute atomic E-state index is 13.0. The van der Waals surface area contributed by atoms with Crippen molar-refractivity contribution in [3.05, 3.63) is 82.5 Å². The van der Waals surface area contributed by atoms with E-state index in [-0.39, 0.29) is 5.91 Å². The molecular weight excluding hydrogens is 336 g/mol. The summed E-state index contributed by atoms with van der Waals surface area (Å²) in [6.07, 6.45) is 1.67. The number of carbonyl (C=O) groups excluding carboxylic acids is 1. The number of aromatic nitrogens is 2. The van der Waals surface area contributed by atoms with Crippen LogP contribution in [0.2, 0.25) is 5.02 Å². The maximum Gasteiger partial charge on any atom is 0.256 e. The standard InChI is InChI=1S/C17H12ClF2N3O/c18-15-9-14(20)6-3-12(15)10-23-8-7-16(22-23)21-17(24)11-1-4-13(19)5-2-11/h1-9H,10H2,(H,21,22,24). The van der Waals surface area contributed by atoms with Crippen LogP contribution < -0.4 is 5.32 Å². The first-order valence-corrected chi connectivity index (χ1v) is 7.43. The number of carbonyl (C=O) groups is 1. The predicted octanol–water partition coefficient (Wildman–Crippen LogP) is 4.12. The summed E-state index contributed by atoms with van der Waals surface area (Å²) < 4.78 is 27.5. The average molecular weight is 348 g/mol. The van der Waals surface area contributed by atoms with Crippen molar-refractivity contribution in [3.8, 4) is 0 Å². The first-order valence-electron chi connectivity index (χ1n) is 7.05. The zero-order valence-corrected chi connectivity index (χ0v) is 13.1. The van der Waals surface area contributed by atoms with Crippen molar-refractivity contribution in [2.45, 2.75) is 6.54 Å². The quantitative estimate of drug-likeness (QED) is 0.772. The summed E-state index contributed by atoms with van der Waals surface area (Å²) in [4.78, 5) is 12.0. The van der Waals surface area contributed by atoms with Crippen molar-refractivity contribution >= 4 is 23.3 Å². The molecule has 0 aliphatic rings. The molecule has 0 aliphatic carbocycles. The van der Waals surface area contributed by atoms with Crippen LogP contribution in [-0.2, 0) is 6.54 Å². The lowest BCUT2D eigenvalue weighted by Crippen LogP contribution is -2.12. The van der Waals surface area contributed by atoms with E-state index in [0.29, 0.717) is 28.5 Å². The second kappa shape index (κ2) is 6.80. The third-order valence-corrected chi connectivity index (χ3v) is 3.69. The zero-order valence-electron chi connectivity index (χ0n) is 12.3. The molecule has 0 atom stereocenters. The van der Waals surface area contributed by atoms with Crippen molar-refractivity contribution in [2.75, 3.05) is 5.32 Å². The molecule has 7 heteroatoms. The Morgan fingerprint density at radius 2 is 1.79 bits per heavy atom. The minimum Gasteiger partial charge on any atom is -0.305 e. The van der Waals surface area contributed by atoms with Crippen LogP contribution in [0.5, 0.6) is 0 Å². The van der Waals surface area contributed by atoms with Gasteiger partial charge in [0.1, 0.15) is 11.6 Å². The second-order valence-electron chi connectivity index (χ2n) is 5.10. The van der Waals surface area contributed by atoms with Crippen molar-refractivity contribution in [3.63, 3.8) is 0 Å². The molecular formula is C17H12ClF2N3O. The third kappa shape index (κ3) is 3.78. The van der Waals surface area contributed by atoms with E-state index in [2.05, 4.69) is 10.4 Å². The maximum atomic E-state index is 13.0. The molecule has 1 N–H and O–H groups in total. The molecule has 0 radical (unpaired) electrons. The summed E-state index contributed by atoms with van der Waals surface area (Å²) in [7, 11) is 0. The molecule has 0 spiro atoms. The highest BCUT2D eigenvalue weighted by Crippen LogP contribution is 2.18. The van der Waals surface area contributed by atoms with E-state index in [4.69, 9.17) is 11.6 Å². The number of amides is 1. The van der Waals surface area contributed by atoms with E-state index >= 15 is 0 Å². The first kappa shape index (κ1) is 16.1. The highest BCUT2D eigenvalue weighted by molar-refractivity contribution is 6.31. The summed E-state index contributed by atoms with van der Waals surface area (Å²) in [6, 6.07) is 11.0. The summed E-state index contributed by atoms with van der Waals surface area (Å²) >= 11 is 5.98. The summed E-state index contributed by atoms with van der Waals surface area (Å²) in [5.41, 5.74) is 1.03. The van der Waals surface area contributed by atoms with E-state index in [9.17, 15) is 13.6 Å². The molecule has 4 nitrogen and oxygen atoms in total. The Morgan fingerprint density at radius 3 is 2.50 bits per heavy atom. The monoisotopic (exact) mass is 347 g/mol. The number of hydrogen-bond donors (Lipinski definition) is 1. The fraction of sp³-hybridized carbons (Fsp3) is 0.0588. The Hall–Kier alpha value is -2.73. The van der Waals surface area contributed by atoms with Crippen LogP contribution in [0.15, 0.2) is 54.7 Å². The van der Waals surface area contributed by atoms with E-state index in [0.717, 1.165) is 0 Å². The van der Waals surface area contributed by atoms with Gasteiger partial charge < -0.3 is 5.32 Å².